The Balaban J connectivity index is 1.58. The van der Waals surface area contributed by atoms with Crippen LogP contribution in [-0.2, 0) is 13.1 Å². The van der Waals surface area contributed by atoms with Crippen LogP contribution in [0, 0.1) is 0 Å². The Bertz CT molecular complexity index is 657. The van der Waals surface area contributed by atoms with Crippen molar-refractivity contribution in [2.75, 3.05) is 7.11 Å². The summed E-state index contributed by atoms with van der Waals surface area (Å²) in [6, 6.07) is 9.85. The number of nitrogens with zero attached hydrogens (tertiary/aromatic N) is 3. The van der Waals surface area contributed by atoms with Gasteiger partial charge in [-0.2, -0.15) is 0 Å². The standard InChI is InChI=1S/C15H16N4O/c1-20-15-6-5-12(9-17-15)8-16-10-13-11-19-7-3-2-4-14(19)18-13/h2-7,9,11,16H,8,10H2,1H3. The van der Waals surface area contributed by atoms with E-state index in [-0.39, 0.29) is 0 Å². The summed E-state index contributed by atoms with van der Waals surface area (Å²) in [6.45, 7) is 1.48. The molecule has 3 aromatic heterocycles. The summed E-state index contributed by atoms with van der Waals surface area (Å²) < 4.78 is 7.05. The van der Waals surface area contributed by atoms with Gasteiger partial charge in [-0.3, -0.25) is 0 Å². The molecule has 1 N–H and O–H groups in total. The van der Waals surface area contributed by atoms with E-state index in [1.54, 1.807) is 7.11 Å². The summed E-state index contributed by atoms with van der Waals surface area (Å²) in [5.74, 6) is 0.633. The molecular weight excluding hydrogens is 252 g/mol. The lowest BCUT2D eigenvalue weighted by Crippen LogP contribution is -2.13. The molecule has 0 aromatic carbocycles. The van der Waals surface area contributed by atoms with E-state index in [0.717, 1.165) is 30.0 Å². The van der Waals surface area contributed by atoms with Crippen molar-refractivity contribution in [3.63, 3.8) is 0 Å². The highest BCUT2D eigenvalue weighted by atomic mass is 16.5. The number of imidazole rings is 1. The number of rotatable bonds is 5. The Hall–Kier alpha value is -2.40. The third-order valence-electron chi connectivity index (χ3n) is 3.06. The number of nitrogens with one attached hydrogen (secondary N) is 1. The summed E-state index contributed by atoms with van der Waals surface area (Å²) in [6.07, 6.45) is 5.85. The van der Waals surface area contributed by atoms with Crippen molar-refractivity contribution in [1.82, 2.24) is 19.7 Å². The van der Waals surface area contributed by atoms with E-state index in [2.05, 4.69) is 15.3 Å². The summed E-state index contributed by atoms with van der Waals surface area (Å²) in [5, 5.41) is 3.36. The molecule has 3 aromatic rings. The van der Waals surface area contributed by atoms with Crippen LogP contribution in [0.4, 0.5) is 0 Å². The van der Waals surface area contributed by atoms with Crippen molar-refractivity contribution in [3.8, 4) is 5.88 Å². The first kappa shape index (κ1) is 12.6. The molecule has 102 valence electrons. The van der Waals surface area contributed by atoms with Crippen LogP contribution >= 0.6 is 0 Å². The average molecular weight is 268 g/mol. The lowest BCUT2D eigenvalue weighted by Gasteiger charge is -2.03. The van der Waals surface area contributed by atoms with Gasteiger partial charge in [0.2, 0.25) is 5.88 Å². The molecular formula is C15H16N4O. The van der Waals surface area contributed by atoms with E-state index < -0.39 is 0 Å². The maximum absolute atomic E-state index is 5.03. The Morgan fingerprint density at radius 2 is 2.15 bits per heavy atom. The largest absolute Gasteiger partial charge is 0.481 e. The van der Waals surface area contributed by atoms with Gasteiger partial charge in [-0.1, -0.05) is 12.1 Å². The number of hydrogen-bond acceptors (Lipinski definition) is 4. The Kier molecular flexibility index (Phi) is 3.60. The molecule has 0 radical (unpaired) electrons. The zero-order chi connectivity index (χ0) is 13.8. The van der Waals surface area contributed by atoms with Crippen molar-refractivity contribution >= 4 is 5.65 Å². The second kappa shape index (κ2) is 5.71. The minimum absolute atomic E-state index is 0.633. The third kappa shape index (κ3) is 2.78. The van der Waals surface area contributed by atoms with E-state index in [0.29, 0.717) is 5.88 Å². The topological polar surface area (TPSA) is 51.5 Å². The van der Waals surface area contributed by atoms with E-state index in [4.69, 9.17) is 4.74 Å². The van der Waals surface area contributed by atoms with Gasteiger partial charge >= 0.3 is 0 Å². The van der Waals surface area contributed by atoms with E-state index in [9.17, 15) is 0 Å². The molecule has 0 spiro atoms. The number of hydrogen-bond donors (Lipinski definition) is 1. The molecule has 5 heteroatoms. The van der Waals surface area contributed by atoms with Crippen molar-refractivity contribution in [2.24, 2.45) is 0 Å². The van der Waals surface area contributed by atoms with Gasteiger partial charge in [0, 0.05) is 37.7 Å². The van der Waals surface area contributed by atoms with Crippen molar-refractivity contribution in [1.29, 1.82) is 0 Å². The predicted octanol–water partition coefficient (Wildman–Crippen LogP) is 2.03. The van der Waals surface area contributed by atoms with Gasteiger partial charge in [-0.25, -0.2) is 9.97 Å². The lowest BCUT2D eigenvalue weighted by atomic mass is 10.3. The molecule has 3 rings (SSSR count). The van der Waals surface area contributed by atoms with Crippen LogP contribution in [0.1, 0.15) is 11.3 Å². The molecule has 0 fully saturated rings. The fourth-order valence-electron chi connectivity index (χ4n) is 2.04. The van der Waals surface area contributed by atoms with Crippen LogP contribution in [0.5, 0.6) is 5.88 Å². The molecule has 0 aliphatic rings. The number of pyridine rings is 2. The molecule has 0 saturated heterocycles. The first-order valence-electron chi connectivity index (χ1n) is 6.47. The zero-order valence-electron chi connectivity index (χ0n) is 11.3. The van der Waals surface area contributed by atoms with Crippen LogP contribution in [0.2, 0.25) is 0 Å². The highest BCUT2D eigenvalue weighted by Gasteiger charge is 2.01. The molecule has 3 heterocycles. The molecule has 0 atom stereocenters. The first-order chi connectivity index (χ1) is 9.85. The summed E-state index contributed by atoms with van der Waals surface area (Å²) in [5.41, 5.74) is 3.11. The number of fused-ring (bicyclic) bond motifs is 1. The first-order valence-corrected chi connectivity index (χ1v) is 6.47. The van der Waals surface area contributed by atoms with E-state index in [1.807, 2.05) is 53.3 Å². The fourth-order valence-corrected chi connectivity index (χ4v) is 2.04. The Morgan fingerprint density at radius 1 is 1.20 bits per heavy atom. The van der Waals surface area contributed by atoms with Gasteiger partial charge in [0.25, 0.3) is 0 Å². The number of aromatic nitrogens is 3. The van der Waals surface area contributed by atoms with Crippen LogP contribution in [0.15, 0.2) is 48.9 Å². The minimum Gasteiger partial charge on any atom is -0.481 e. The van der Waals surface area contributed by atoms with Crippen LogP contribution in [0.25, 0.3) is 5.65 Å². The Morgan fingerprint density at radius 3 is 2.90 bits per heavy atom. The fraction of sp³-hybridized carbons (Fsp3) is 0.200. The van der Waals surface area contributed by atoms with Gasteiger partial charge in [-0.05, 0) is 17.7 Å². The molecule has 0 saturated carbocycles. The smallest absolute Gasteiger partial charge is 0.212 e. The van der Waals surface area contributed by atoms with E-state index in [1.165, 1.54) is 0 Å². The molecule has 0 amide bonds. The molecule has 0 aliphatic carbocycles. The van der Waals surface area contributed by atoms with Crippen LogP contribution in [-0.4, -0.2) is 21.5 Å². The van der Waals surface area contributed by atoms with Gasteiger partial charge in [0.15, 0.2) is 0 Å². The highest BCUT2D eigenvalue weighted by Crippen LogP contribution is 2.07. The minimum atomic E-state index is 0.633. The summed E-state index contributed by atoms with van der Waals surface area (Å²) >= 11 is 0. The molecule has 0 aliphatic heterocycles. The van der Waals surface area contributed by atoms with Crippen LogP contribution < -0.4 is 10.1 Å². The molecule has 0 unspecified atom stereocenters. The second-order valence-electron chi connectivity index (χ2n) is 4.51. The molecule has 20 heavy (non-hydrogen) atoms. The predicted molar refractivity (Wildman–Crippen MR) is 76.5 cm³/mol. The lowest BCUT2D eigenvalue weighted by molar-refractivity contribution is 0.397. The SMILES string of the molecule is COc1ccc(CNCc2cn3ccccc3n2)cn1. The van der Waals surface area contributed by atoms with Crippen molar-refractivity contribution in [3.05, 3.63) is 60.2 Å². The van der Waals surface area contributed by atoms with Gasteiger partial charge in [0.1, 0.15) is 5.65 Å². The monoisotopic (exact) mass is 268 g/mol. The van der Waals surface area contributed by atoms with Gasteiger partial charge in [-0.15, -0.1) is 0 Å². The van der Waals surface area contributed by atoms with Crippen molar-refractivity contribution < 1.29 is 4.74 Å². The maximum atomic E-state index is 5.03. The number of ether oxygens (including phenoxy) is 1. The molecule has 5 nitrogen and oxygen atoms in total. The highest BCUT2D eigenvalue weighted by molar-refractivity contribution is 5.39. The third-order valence-corrected chi connectivity index (χ3v) is 3.06. The summed E-state index contributed by atoms with van der Waals surface area (Å²) in [7, 11) is 1.61. The maximum Gasteiger partial charge on any atom is 0.212 e. The van der Waals surface area contributed by atoms with E-state index >= 15 is 0 Å². The zero-order valence-corrected chi connectivity index (χ0v) is 11.3. The van der Waals surface area contributed by atoms with Crippen LogP contribution in [0.3, 0.4) is 0 Å². The normalized spacial score (nSPS) is 10.8. The average Bonchev–Trinajstić information content (AvgIpc) is 2.90. The second-order valence-corrected chi connectivity index (χ2v) is 4.51. The molecule has 0 bridgehead atoms. The number of methoxy groups -OCH3 is 1. The Labute approximate surface area is 117 Å². The quantitative estimate of drug-likeness (QED) is 0.769. The van der Waals surface area contributed by atoms with Crippen molar-refractivity contribution in [2.45, 2.75) is 13.1 Å². The van der Waals surface area contributed by atoms with Gasteiger partial charge in [0.05, 0.1) is 12.8 Å². The van der Waals surface area contributed by atoms with Gasteiger partial charge < -0.3 is 14.5 Å². The summed E-state index contributed by atoms with van der Waals surface area (Å²) in [4.78, 5) is 8.71.